The molecule has 0 bridgehead atoms. The van der Waals surface area contributed by atoms with Crippen LogP contribution in [0.1, 0.15) is 22.8 Å². The number of benzene rings is 2. The highest BCUT2D eigenvalue weighted by atomic mass is 19.1. The van der Waals surface area contributed by atoms with Crippen LogP contribution in [0, 0.1) is 5.82 Å². The van der Waals surface area contributed by atoms with Crippen molar-refractivity contribution in [2.24, 2.45) is 0 Å². The van der Waals surface area contributed by atoms with Crippen molar-refractivity contribution in [2.75, 3.05) is 17.2 Å². The smallest absolute Gasteiger partial charge is 0.257 e. The summed E-state index contributed by atoms with van der Waals surface area (Å²) in [7, 11) is 0. The number of ether oxygens (including phenoxy) is 1. The Morgan fingerprint density at radius 2 is 1.85 bits per heavy atom. The SMILES string of the molecule is CCOc1ccccc1NC(=O)c1ccc(NCc2ccccc2F)nc1. The molecule has 0 aliphatic heterocycles. The van der Waals surface area contributed by atoms with E-state index in [9.17, 15) is 9.18 Å². The average Bonchev–Trinajstić information content (AvgIpc) is 2.69. The summed E-state index contributed by atoms with van der Waals surface area (Å²) in [6.07, 6.45) is 1.47. The second kappa shape index (κ2) is 8.80. The molecule has 0 radical (unpaired) electrons. The van der Waals surface area contributed by atoms with Crippen molar-refractivity contribution in [1.82, 2.24) is 4.98 Å². The van der Waals surface area contributed by atoms with Crippen molar-refractivity contribution >= 4 is 17.4 Å². The van der Waals surface area contributed by atoms with Gasteiger partial charge in [-0.2, -0.15) is 0 Å². The van der Waals surface area contributed by atoms with E-state index in [0.717, 1.165) is 0 Å². The van der Waals surface area contributed by atoms with Crippen molar-refractivity contribution in [3.63, 3.8) is 0 Å². The van der Waals surface area contributed by atoms with Crippen LogP contribution in [0.15, 0.2) is 66.9 Å². The van der Waals surface area contributed by atoms with Gasteiger partial charge >= 0.3 is 0 Å². The molecule has 0 atom stereocenters. The second-order valence-electron chi connectivity index (χ2n) is 5.76. The van der Waals surface area contributed by atoms with Crippen LogP contribution in [-0.2, 0) is 6.54 Å². The topological polar surface area (TPSA) is 63.2 Å². The fourth-order valence-electron chi connectivity index (χ4n) is 2.51. The van der Waals surface area contributed by atoms with Crippen LogP contribution < -0.4 is 15.4 Å². The number of anilines is 2. The minimum Gasteiger partial charge on any atom is -0.492 e. The number of pyridine rings is 1. The van der Waals surface area contributed by atoms with Gasteiger partial charge in [-0.25, -0.2) is 9.37 Å². The summed E-state index contributed by atoms with van der Waals surface area (Å²) in [6, 6.07) is 17.1. The lowest BCUT2D eigenvalue weighted by molar-refractivity contribution is 0.102. The van der Waals surface area contributed by atoms with Gasteiger partial charge in [0.1, 0.15) is 17.4 Å². The molecule has 1 heterocycles. The molecule has 0 fully saturated rings. The van der Waals surface area contributed by atoms with E-state index in [1.54, 1.807) is 42.5 Å². The zero-order valence-corrected chi connectivity index (χ0v) is 14.9. The van der Waals surface area contributed by atoms with Gasteiger partial charge in [0.05, 0.1) is 17.9 Å². The molecule has 0 aliphatic rings. The maximum absolute atomic E-state index is 13.6. The molecule has 0 unspecified atom stereocenters. The van der Waals surface area contributed by atoms with Crippen LogP contribution in [0.2, 0.25) is 0 Å². The fourth-order valence-corrected chi connectivity index (χ4v) is 2.51. The first-order chi connectivity index (χ1) is 13.2. The van der Waals surface area contributed by atoms with E-state index in [0.29, 0.717) is 41.5 Å². The standard InChI is InChI=1S/C21H20FN3O2/c1-2-27-19-10-6-5-9-18(19)25-21(26)16-11-12-20(24-14-16)23-13-15-7-3-4-8-17(15)22/h3-12,14H,2,13H2,1H3,(H,23,24)(H,25,26). The van der Waals surface area contributed by atoms with Crippen molar-refractivity contribution < 1.29 is 13.9 Å². The Balaban J connectivity index is 1.63. The summed E-state index contributed by atoms with van der Waals surface area (Å²) in [5.41, 5.74) is 1.57. The molecule has 3 rings (SSSR count). The Morgan fingerprint density at radius 3 is 2.59 bits per heavy atom. The van der Waals surface area contributed by atoms with Crippen LogP contribution in [0.5, 0.6) is 5.75 Å². The number of rotatable bonds is 7. The van der Waals surface area contributed by atoms with Crippen molar-refractivity contribution in [2.45, 2.75) is 13.5 Å². The van der Waals surface area contributed by atoms with Gasteiger partial charge in [0.2, 0.25) is 0 Å². The van der Waals surface area contributed by atoms with E-state index >= 15 is 0 Å². The zero-order valence-electron chi connectivity index (χ0n) is 14.9. The molecule has 0 saturated carbocycles. The van der Waals surface area contributed by atoms with E-state index in [1.165, 1.54) is 12.3 Å². The first-order valence-electron chi connectivity index (χ1n) is 8.64. The molecule has 6 heteroatoms. The number of hydrogen-bond acceptors (Lipinski definition) is 4. The summed E-state index contributed by atoms with van der Waals surface area (Å²) >= 11 is 0. The summed E-state index contributed by atoms with van der Waals surface area (Å²) in [6.45, 7) is 2.71. The van der Waals surface area contributed by atoms with E-state index < -0.39 is 0 Å². The number of carbonyl (C=O) groups excluding carboxylic acids is 1. The quantitative estimate of drug-likeness (QED) is 0.648. The third kappa shape index (κ3) is 4.82. The molecule has 0 spiro atoms. The predicted molar refractivity (Wildman–Crippen MR) is 104 cm³/mol. The number of para-hydroxylation sites is 2. The van der Waals surface area contributed by atoms with Gasteiger partial charge < -0.3 is 15.4 Å². The molecular formula is C21H20FN3O2. The Hall–Kier alpha value is -3.41. The van der Waals surface area contributed by atoms with Crippen molar-refractivity contribution in [3.05, 3.63) is 83.8 Å². The van der Waals surface area contributed by atoms with Gasteiger partial charge in [-0.3, -0.25) is 4.79 Å². The number of nitrogens with one attached hydrogen (secondary N) is 2. The minimum atomic E-state index is -0.282. The Labute approximate surface area is 157 Å². The van der Waals surface area contributed by atoms with Crippen LogP contribution >= 0.6 is 0 Å². The molecule has 1 amide bonds. The average molecular weight is 365 g/mol. The Kier molecular flexibility index (Phi) is 5.99. The highest BCUT2D eigenvalue weighted by molar-refractivity contribution is 6.04. The van der Waals surface area contributed by atoms with Crippen LogP contribution in [0.4, 0.5) is 15.9 Å². The van der Waals surface area contributed by atoms with Crippen LogP contribution in [0.25, 0.3) is 0 Å². The van der Waals surface area contributed by atoms with E-state index in [1.807, 2.05) is 19.1 Å². The molecule has 2 N–H and O–H groups in total. The Morgan fingerprint density at radius 1 is 1.07 bits per heavy atom. The molecule has 138 valence electrons. The number of nitrogens with zero attached hydrogens (tertiary/aromatic N) is 1. The zero-order chi connectivity index (χ0) is 19.1. The van der Waals surface area contributed by atoms with E-state index in [-0.39, 0.29) is 11.7 Å². The summed E-state index contributed by atoms with van der Waals surface area (Å²) in [5, 5.41) is 5.86. The van der Waals surface area contributed by atoms with Crippen LogP contribution in [-0.4, -0.2) is 17.5 Å². The first-order valence-corrected chi connectivity index (χ1v) is 8.64. The normalized spacial score (nSPS) is 10.3. The molecule has 27 heavy (non-hydrogen) atoms. The number of carbonyl (C=O) groups is 1. The molecule has 1 aromatic heterocycles. The third-order valence-electron chi connectivity index (χ3n) is 3.88. The molecule has 0 aliphatic carbocycles. The van der Waals surface area contributed by atoms with Crippen LogP contribution in [0.3, 0.4) is 0 Å². The molecule has 3 aromatic rings. The number of amides is 1. The molecule has 5 nitrogen and oxygen atoms in total. The molecule has 0 saturated heterocycles. The summed E-state index contributed by atoms with van der Waals surface area (Å²) < 4.78 is 19.1. The lowest BCUT2D eigenvalue weighted by atomic mass is 10.2. The predicted octanol–water partition coefficient (Wildman–Crippen LogP) is 4.48. The number of aromatic nitrogens is 1. The van der Waals surface area contributed by atoms with E-state index in [2.05, 4.69) is 15.6 Å². The van der Waals surface area contributed by atoms with Crippen molar-refractivity contribution in [3.8, 4) is 5.75 Å². The van der Waals surface area contributed by atoms with Gasteiger partial charge in [-0.15, -0.1) is 0 Å². The minimum absolute atomic E-state index is 0.269. The first kappa shape index (κ1) is 18.4. The van der Waals surface area contributed by atoms with Gasteiger partial charge in [-0.1, -0.05) is 30.3 Å². The van der Waals surface area contributed by atoms with Gasteiger partial charge in [0.15, 0.2) is 0 Å². The van der Waals surface area contributed by atoms with Gasteiger partial charge in [0.25, 0.3) is 5.91 Å². The number of halogens is 1. The molecule has 2 aromatic carbocycles. The highest BCUT2D eigenvalue weighted by Gasteiger charge is 2.10. The largest absolute Gasteiger partial charge is 0.492 e. The summed E-state index contributed by atoms with van der Waals surface area (Å²) in [5.74, 6) is 0.623. The van der Waals surface area contributed by atoms with Gasteiger partial charge in [0, 0.05) is 18.3 Å². The lowest BCUT2D eigenvalue weighted by Gasteiger charge is -2.11. The monoisotopic (exact) mass is 365 g/mol. The maximum Gasteiger partial charge on any atom is 0.257 e. The Bertz CT molecular complexity index is 913. The highest BCUT2D eigenvalue weighted by Crippen LogP contribution is 2.24. The van der Waals surface area contributed by atoms with Gasteiger partial charge in [-0.05, 0) is 37.3 Å². The third-order valence-corrected chi connectivity index (χ3v) is 3.88. The lowest BCUT2D eigenvalue weighted by Crippen LogP contribution is -2.13. The molecular weight excluding hydrogens is 345 g/mol. The van der Waals surface area contributed by atoms with E-state index in [4.69, 9.17) is 4.74 Å². The summed E-state index contributed by atoms with van der Waals surface area (Å²) in [4.78, 5) is 16.6. The fraction of sp³-hybridized carbons (Fsp3) is 0.143. The second-order valence-corrected chi connectivity index (χ2v) is 5.76. The van der Waals surface area contributed by atoms with Crippen molar-refractivity contribution in [1.29, 1.82) is 0 Å². The number of hydrogen-bond donors (Lipinski definition) is 2. The maximum atomic E-state index is 13.6.